The number of urea groups is 1. The minimum absolute atomic E-state index is 0.324. The molecule has 0 saturated heterocycles. The molecule has 0 unspecified atom stereocenters. The Morgan fingerprint density at radius 3 is 2.28 bits per heavy atom. The number of carboxylic acid groups (broad SMARTS) is 1. The second kappa shape index (κ2) is 6.05. The lowest BCUT2D eigenvalue weighted by molar-refractivity contribution is -0.137. The van der Waals surface area contributed by atoms with Crippen molar-refractivity contribution >= 4 is 17.7 Å². The van der Waals surface area contributed by atoms with Crippen molar-refractivity contribution in [3.05, 3.63) is 29.8 Å². The van der Waals surface area contributed by atoms with Gasteiger partial charge in [0.05, 0.1) is 0 Å². The van der Waals surface area contributed by atoms with Crippen LogP contribution in [0.1, 0.15) is 25.3 Å². The number of rotatable bonds is 4. The zero-order valence-electron chi connectivity index (χ0n) is 10.8. The normalized spacial score (nSPS) is 10.2. The number of likely N-dealkylation sites (N-methyl/N-ethyl adjacent to an activating group) is 1. The maximum atomic E-state index is 11.6. The Morgan fingerprint density at radius 1 is 1.28 bits per heavy atom. The van der Waals surface area contributed by atoms with E-state index >= 15 is 0 Å². The molecule has 5 nitrogen and oxygen atoms in total. The Morgan fingerprint density at radius 2 is 1.83 bits per heavy atom. The summed E-state index contributed by atoms with van der Waals surface area (Å²) in [6, 6.07) is 7.06. The van der Waals surface area contributed by atoms with Crippen molar-refractivity contribution in [1.82, 2.24) is 4.90 Å². The molecule has 0 bridgehead atoms. The average molecular weight is 250 g/mol. The molecule has 0 aliphatic rings. The molecule has 18 heavy (non-hydrogen) atoms. The smallest absolute Gasteiger partial charge is 0.323 e. The van der Waals surface area contributed by atoms with Gasteiger partial charge in [0.15, 0.2) is 0 Å². The van der Waals surface area contributed by atoms with Gasteiger partial charge in [-0.25, -0.2) is 4.79 Å². The number of carboxylic acids is 1. The van der Waals surface area contributed by atoms with Crippen LogP contribution in [-0.4, -0.2) is 35.6 Å². The fourth-order valence-electron chi connectivity index (χ4n) is 1.44. The Balaban J connectivity index is 2.62. The highest BCUT2D eigenvalue weighted by molar-refractivity contribution is 5.91. The summed E-state index contributed by atoms with van der Waals surface area (Å²) in [6.45, 7) is 3.86. The summed E-state index contributed by atoms with van der Waals surface area (Å²) in [5.74, 6) is -0.604. The number of hydrogen-bond acceptors (Lipinski definition) is 2. The van der Waals surface area contributed by atoms with E-state index in [1.165, 1.54) is 12.6 Å². The highest BCUT2D eigenvalue weighted by Crippen LogP contribution is 2.17. The third-order valence-corrected chi connectivity index (χ3v) is 2.55. The number of carbonyl (C=O) groups excluding carboxylic acids is 1. The Bertz CT molecular complexity index is 426. The maximum Gasteiger partial charge on any atom is 0.323 e. The number of benzene rings is 1. The van der Waals surface area contributed by atoms with Crippen LogP contribution >= 0.6 is 0 Å². The third-order valence-electron chi connectivity index (χ3n) is 2.55. The molecule has 2 N–H and O–H groups in total. The Labute approximate surface area is 106 Å². The number of nitrogens with one attached hydrogen (secondary N) is 1. The SMILES string of the molecule is CC(C)c1ccc(NC(=O)N(C)CC(=O)O)cc1. The number of aliphatic carboxylic acids is 1. The van der Waals surface area contributed by atoms with Crippen molar-refractivity contribution in [3.8, 4) is 0 Å². The summed E-state index contributed by atoms with van der Waals surface area (Å²) >= 11 is 0. The Hall–Kier alpha value is -2.04. The van der Waals surface area contributed by atoms with Crippen LogP contribution in [0.3, 0.4) is 0 Å². The van der Waals surface area contributed by atoms with Gasteiger partial charge in [0.25, 0.3) is 0 Å². The van der Waals surface area contributed by atoms with Crippen molar-refractivity contribution in [1.29, 1.82) is 0 Å². The largest absolute Gasteiger partial charge is 0.480 e. The van der Waals surface area contributed by atoms with Crippen LogP contribution < -0.4 is 5.32 Å². The minimum atomic E-state index is -1.04. The van der Waals surface area contributed by atoms with Crippen LogP contribution in [0.5, 0.6) is 0 Å². The molecule has 98 valence electrons. The van der Waals surface area contributed by atoms with Crippen molar-refractivity contribution < 1.29 is 14.7 Å². The van der Waals surface area contributed by atoms with Gasteiger partial charge in [-0.2, -0.15) is 0 Å². The summed E-state index contributed by atoms with van der Waals surface area (Å²) < 4.78 is 0. The first-order chi connectivity index (χ1) is 8.40. The van der Waals surface area contributed by atoms with E-state index in [0.29, 0.717) is 11.6 Å². The first kappa shape index (κ1) is 14.0. The van der Waals surface area contributed by atoms with Gasteiger partial charge in [0.1, 0.15) is 6.54 Å². The maximum absolute atomic E-state index is 11.6. The molecule has 1 aromatic rings. The van der Waals surface area contributed by atoms with Gasteiger partial charge in [-0.15, -0.1) is 0 Å². The predicted molar refractivity (Wildman–Crippen MR) is 69.8 cm³/mol. The van der Waals surface area contributed by atoms with E-state index in [1.54, 1.807) is 0 Å². The van der Waals surface area contributed by atoms with Crippen molar-refractivity contribution in [3.63, 3.8) is 0 Å². The van der Waals surface area contributed by atoms with E-state index < -0.39 is 12.0 Å². The van der Waals surface area contributed by atoms with Crippen molar-refractivity contribution in [2.75, 3.05) is 18.9 Å². The topological polar surface area (TPSA) is 69.6 Å². The number of hydrogen-bond donors (Lipinski definition) is 2. The lowest BCUT2D eigenvalue weighted by Crippen LogP contribution is -2.35. The van der Waals surface area contributed by atoms with Crippen LogP contribution in [0.25, 0.3) is 0 Å². The fraction of sp³-hybridized carbons (Fsp3) is 0.385. The van der Waals surface area contributed by atoms with Crippen molar-refractivity contribution in [2.24, 2.45) is 0 Å². The summed E-state index contributed by atoms with van der Waals surface area (Å²) in [7, 11) is 1.44. The Kier molecular flexibility index (Phi) is 4.71. The molecule has 5 heteroatoms. The standard InChI is InChI=1S/C13H18N2O3/c1-9(2)10-4-6-11(7-5-10)14-13(18)15(3)8-12(16)17/h4-7,9H,8H2,1-3H3,(H,14,18)(H,16,17). The van der Waals surface area contributed by atoms with Crippen molar-refractivity contribution in [2.45, 2.75) is 19.8 Å². The lowest BCUT2D eigenvalue weighted by Gasteiger charge is -2.16. The fourth-order valence-corrected chi connectivity index (χ4v) is 1.44. The quantitative estimate of drug-likeness (QED) is 0.861. The molecule has 0 saturated carbocycles. The molecular formula is C13H18N2O3. The van der Waals surface area contributed by atoms with E-state index in [4.69, 9.17) is 5.11 Å². The van der Waals surface area contributed by atoms with Gasteiger partial charge in [-0.05, 0) is 23.6 Å². The van der Waals surface area contributed by atoms with Gasteiger partial charge in [0, 0.05) is 12.7 Å². The monoisotopic (exact) mass is 250 g/mol. The third kappa shape index (κ3) is 4.08. The van der Waals surface area contributed by atoms with Crippen LogP contribution in [0, 0.1) is 0 Å². The zero-order valence-corrected chi connectivity index (χ0v) is 10.8. The number of nitrogens with zero attached hydrogens (tertiary/aromatic N) is 1. The van der Waals surface area contributed by atoms with Crippen LogP contribution in [0.4, 0.5) is 10.5 Å². The van der Waals surface area contributed by atoms with Gasteiger partial charge in [0.2, 0.25) is 0 Å². The molecule has 0 fully saturated rings. The molecule has 1 rings (SSSR count). The zero-order chi connectivity index (χ0) is 13.7. The van der Waals surface area contributed by atoms with Crippen LogP contribution in [0.2, 0.25) is 0 Å². The minimum Gasteiger partial charge on any atom is -0.480 e. The molecule has 0 aromatic heterocycles. The summed E-state index contributed by atoms with van der Waals surface area (Å²) in [5, 5.41) is 11.2. The highest BCUT2D eigenvalue weighted by Gasteiger charge is 2.11. The van der Waals surface area contributed by atoms with Gasteiger partial charge >= 0.3 is 12.0 Å². The first-order valence-corrected chi connectivity index (χ1v) is 5.74. The van der Waals surface area contributed by atoms with E-state index in [1.807, 2.05) is 24.3 Å². The average Bonchev–Trinajstić information content (AvgIpc) is 2.28. The molecule has 0 radical (unpaired) electrons. The van der Waals surface area contributed by atoms with Gasteiger partial charge < -0.3 is 15.3 Å². The summed E-state index contributed by atoms with van der Waals surface area (Å²) in [4.78, 5) is 23.2. The van der Waals surface area contributed by atoms with E-state index in [-0.39, 0.29) is 6.54 Å². The second-order valence-corrected chi connectivity index (χ2v) is 4.46. The molecule has 0 atom stereocenters. The van der Waals surface area contributed by atoms with E-state index in [2.05, 4.69) is 19.2 Å². The van der Waals surface area contributed by atoms with E-state index in [9.17, 15) is 9.59 Å². The first-order valence-electron chi connectivity index (χ1n) is 5.74. The molecule has 0 aliphatic carbocycles. The second-order valence-electron chi connectivity index (χ2n) is 4.46. The molecule has 0 aliphatic heterocycles. The lowest BCUT2D eigenvalue weighted by atomic mass is 10.0. The predicted octanol–water partition coefficient (Wildman–Crippen LogP) is 2.36. The molecule has 1 aromatic carbocycles. The number of anilines is 1. The summed E-state index contributed by atoms with van der Waals surface area (Å²) in [6.07, 6.45) is 0. The van der Waals surface area contributed by atoms with Crippen LogP contribution in [0.15, 0.2) is 24.3 Å². The summed E-state index contributed by atoms with van der Waals surface area (Å²) in [5.41, 5.74) is 1.84. The van der Waals surface area contributed by atoms with Gasteiger partial charge in [-0.3, -0.25) is 4.79 Å². The molecule has 0 spiro atoms. The molecular weight excluding hydrogens is 232 g/mol. The number of carbonyl (C=O) groups is 2. The van der Waals surface area contributed by atoms with Gasteiger partial charge in [-0.1, -0.05) is 26.0 Å². The van der Waals surface area contributed by atoms with Crippen LogP contribution in [-0.2, 0) is 4.79 Å². The molecule has 2 amide bonds. The molecule has 0 heterocycles. The number of amides is 2. The van der Waals surface area contributed by atoms with E-state index in [0.717, 1.165) is 4.90 Å². The highest BCUT2D eigenvalue weighted by atomic mass is 16.4.